The van der Waals surface area contributed by atoms with Gasteiger partial charge in [0, 0.05) is 6.54 Å². The fourth-order valence-corrected chi connectivity index (χ4v) is 1.95. The topological polar surface area (TPSA) is 32.3 Å². The molecule has 0 aliphatic heterocycles. The summed E-state index contributed by atoms with van der Waals surface area (Å²) in [6.45, 7) is 0.740. The Morgan fingerprint density at radius 3 is 2.44 bits per heavy atom. The summed E-state index contributed by atoms with van der Waals surface area (Å²) in [5.41, 5.74) is 2.43. The summed E-state index contributed by atoms with van der Waals surface area (Å²) >= 11 is 0. The van der Waals surface area contributed by atoms with E-state index in [1.54, 1.807) is 12.1 Å². The van der Waals surface area contributed by atoms with Gasteiger partial charge in [-0.05, 0) is 35.9 Å². The molecule has 2 aromatic rings. The van der Waals surface area contributed by atoms with Gasteiger partial charge in [-0.25, -0.2) is 4.39 Å². The van der Waals surface area contributed by atoms with Crippen molar-refractivity contribution in [3.63, 3.8) is 0 Å². The second-order valence-electron chi connectivity index (χ2n) is 4.23. The van der Waals surface area contributed by atoms with Gasteiger partial charge in [-0.1, -0.05) is 36.4 Å². The summed E-state index contributed by atoms with van der Waals surface area (Å²) in [6.07, 6.45) is -0.794. The first-order chi connectivity index (χ1) is 8.70. The Balaban J connectivity index is 2.27. The zero-order valence-electron chi connectivity index (χ0n) is 10.2. The molecule has 0 saturated carbocycles. The normalized spacial score (nSPS) is 12.4. The Morgan fingerprint density at radius 1 is 1.11 bits per heavy atom. The smallest absolute Gasteiger partial charge is 0.123 e. The van der Waals surface area contributed by atoms with Crippen molar-refractivity contribution in [1.82, 2.24) is 5.32 Å². The second-order valence-corrected chi connectivity index (χ2v) is 4.23. The molecule has 3 heteroatoms. The highest BCUT2D eigenvalue weighted by Gasteiger charge is 2.11. The van der Waals surface area contributed by atoms with Crippen LogP contribution in [-0.4, -0.2) is 12.2 Å². The van der Waals surface area contributed by atoms with Gasteiger partial charge in [0.15, 0.2) is 0 Å². The number of hydrogen-bond donors (Lipinski definition) is 2. The molecule has 2 N–H and O–H groups in total. The highest BCUT2D eigenvalue weighted by molar-refractivity contribution is 5.32. The average molecular weight is 245 g/mol. The first-order valence-electron chi connectivity index (χ1n) is 5.87. The van der Waals surface area contributed by atoms with Gasteiger partial charge < -0.3 is 10.4 Å². The van der Waals surface area contributed by atoms with Crippen molar-refractivity contribution in [1.29, 1.82) is 0 Å². The molecule has 0 saturated heterocycles. The van der Waals surface area contributed by atoms with Gasteiger partial charge in [0.05, 0.1) is 0 Å². The Labute approximate surface area is 106 Å². The molecule has 0 radical (unpaired) electrons. The highest BCUT2D eigenvalue weighted by Crippen LogP contribution is 2.23. The predicted molar refractivity (Wildman–Crippen MR) is 69.7 cm³/mol. The van der Waals surface area contributed by atoms with E-state index in [9.17, 15) is 9.50 Å². The van der Waals surface area contributed by atoms with Crippen LogP contribution in [-0.2, 0) is 6.54 Å². The van der Waals surface area contributed by atoms with E-state index in [0.29, 0.717) is 5.56 Å². The Bertz CT molecular complexity index is 527. The van der Waals surface area contributed by atoms with E-state index in [0.717, 1.165) is 17.7 Å². The van der Waals surface area contributed by atoms with E-state index in [4.69, 9.17) is 0 Å². The molecule has 94 valence electrons. The zero-order valence-corrected chi connectivity index (χ0v) is 10.2. The summed E-state index contributed by atoms with van der Waals surface area (Å²) < 4.78 is 13.1. The van der Waals surface area contributed by atoms with Gasteiger partial charge in [0.25, 0.3) is 0 Å². The van der Waals surface area contributed by atoms with Crippen LogP contribution in [0.3, 0.4) is 0 Å². The molecule has 0 fully saturated rings. The molecule has 18 heavy (non-hydrogen) atoms. The lowest BCUT2D eigenvalue weighted by atomic mass is 9.99. The Hall–Kier alpha value is -1.71. The summed E-state index contributed by atoms with van der Waals surface area (Å²) in [5, 5.41) is 13.3. The van der Waals surface area contributed by atoms with Gasteiger partial charge in [0.1, 0.15) is 11.9 Å². The number of aliphatic hydroxyl groups is 1. The van der Waals surface area contributed by atoms with Crippen molar-refractivity contribution in [3.05, 3.63) is 71.0 Å². The van der Waals surface area contributed by atoms with E-state index in [1.165, 1.54) is 12.1 Å². The van der Waals surface area contributed by atoms with Crippen LogP contribution < -0.4 is 5.32 Å². The van der Waals surface area contributed by atoms with Crippen molar-refractivity contribution >= 4 is 0 Å². The van der Waals surface area contributed by atoms with Gasteiger partial charge >= 0.3 is 0 Å². The van der Waals surface area contributed by atoms with Gasteiger partial charge in [-0.2, -0.15) is 0 Å². The van der Waals surface area contributed by atoms with E-state index in [2.05, 4.69) is 5.32 Å². The lowest BCUT2D eigenvalue weighted by Crippen LogP contribution is -2.06. The summed E-state index contributed by atoms with van der Waals surface area (Å²) in [6, 6.07) is 13.7. The first kappa shape index (κ1) is 12.7. The summed E-state index contributed by atoms with van der Waals surface area (Å²) in [4.78, 5) is 0. The fourth-order valence-electron chi connectivity index (χ4n) is 1.95. The number of rotatable bonds is 4. The SMILES string of the molecule is CNCc1cccc(C(O)c2cccc(F)c2)c1. The van der Waals surface area contributed by atoms with Gasteiger partial charge in [-0.3, -0.25) is 0 Å². The molecule has 1 unspecified atom stereocenters. The number of aliphatic hydroxyl groups excluding tert-OH is 1. The van der Waals surface area contributed by atoms with Crippen molar-refractivity contribution in [2.75, 3.05) is 7.05 Å². The van der Waals surface area contributed by atoms with E-state index >= 15 is 0 Å². The molecule has 0 spiro atoms. The van der Waals surface area contributed by atoms with Gasteiger partial charge in [0.2, 0.25) is 0 Å². The molecule has 2 aromatic carbocycles. The molecule has 2 nitrogen and oxygen atoms in total. The van der Waals surface area contributed by atoms with Crippen molar-refractivity contribution in [3.8, 4) is 0 Å². The van der Waals surface area contributed by atoms with E-state index in [-0.39, 0.29) is 5.82 Å². The lowest BCUT2D eigenvalue weighted by molar-refractivity contribution is 0.219. The van der Waals surface area contributed by atoms with Gasteiger partial charge in [-0.15, -0.1) is 0 Å². The number of hydrogen-bond acceptors (Lipinski definition) is 2. The van der Waals surface area contributed by atoms with Crippen LogP contribution in [0.25, 0.3) is 0 Å². The van der Waals surface area contributed by atoms with Crippen molar-refractivity contribution in [2.45, 2.75) is 12.6 Å². The fraction of sp³-hybridized carbons (Fsp3) is 0.200. The molecule has 0 aliphatic carbocycles. The molecule has 0 bridgehead atoms. The summed E-state index contributed by atoms with van der Waals surface area (Å²) in [5.74, 6) is -0.335. The van der Waals surface area contributed by atoms with Crippen LogP contribution in [0.5, 0.6) is 0 Å². The Morgan fingerprint density at radius 2 is 1.78 bits per heavy atom. The van der Waals surface area contributed by atoms with Crippen LogP contribution in [0, 0.1) is 5.82 Å². The third-order valence-corrected chi connectivity index (χ3v) is 2.81. The monoisotopic (exact) mass is 245 g/mol. The first-order valence-corrected chi connectivity index (χ1v) is 5.87. The van der Waals surface area contributed by atoms with Crippen molar-refractivity contribution < 1.29 is 9.50 Å². The molecule has 0 heterocycles. The number of halogens is 1. The summed E-state index contributed by atoms with van der Waals surface area (Å²) in [7, 11) is 1.87. The van der Waals surface area contributed by atoms with Crippen LogP contribution in [0.1, 0.15) is 22.8 Å². The maximum absolute atomic E-state index is 13.1. The van der Waals surface area contributed by atoms with Crippen LogP contribution in [0.4, 0.5) is 4.39 Å². The maximum Gasteiger partial charge on any atom is 0.123 e. The average Bonchev–Trinajstić information content (AvgIpc) is 2.39. The maximum atomic E-state index is 13.1. The Kier molecular flexibility index (Phi) is 4.07. The van der Waals surface area contributed by atoms with E-state index in [1.807, 2.05) is 31.3 Å². The molecule has 1 atom stereocenters. The van der Waals surface area contributed by atoms with Crippen LogP contribution in [0.15, 0.2) is 48.5 Å². The molecular formula is C15H16FNO. The third kappa shape index (κ3) is 2.94. The predicted octanol–water partition coefficient (Wildman–Crippen LogP) is 2.63. The van der Waals surface area contributed by atoms with Crippen molar-refractivity contribution in [2.24, 2.45) is 0 Å². The molecule has 0 aliphatic rings. The molecular weight excluding hydrogens is 229 g/mol. The van der Waals surface area contributed by atoms with Crippen LogP contribution >= 0.6 is 0 Å². The highest BCUT2D eigenvalue weighted by atomic mass is 19.1. The zero-order chi connectivity index (χ0) is 13.0. The molecule has 0 aromatic heterocycles. The minimum atomic E-state index is -0.794. The number of benzene rings is 2. The second kappa shape index (κ2) is 5.76. The number of nitrogens with one attached hydrogen (secondary N) is 1. The minimum Gasteiger partial charge on any atom is -0.384 e. The standard InChI is InChI=1S/C15H16FNO/c1-17-10-11-4-2-5-12(8-11)15(18)13-6-3-7-14(16)9-13/h2-9,15,17-18H,10H2,1H3. The van der Waals surface area contributed by atoms with E-state index < -0.39 is 6.10 Å². The minimum absolute atomic E-state index is 0.335. The lowest BCUT2D eigenvalue weighted by Gasteiger charge is -2.13. The third-order valence-electron chi connectivity index (χ3n) is 2.81. The molecule has 0 amide bonds. The quantitative estimate of drug-likeness (QED) is 0.868. The largest absolute Gasteiger partial charge is 0.384 e. The molecule has 2 rings (SSSR count). The van der Waals surface area contributed by atoms with Crippen LogP contribution in [0.2, 0.25) is 0 Å².